The van der Waals surface area contributed by atoms with Crippen LogP contribution in [0.1, 0.15) is 120 Å². The van der Waals surface area contributed by atoms with Gasteiger partial charge in [-0.25, -0.2) is 28.1 Å². The molecule has 0 aliphatic rings. The smallest absolute Gasteiger partial charge is 0.337 e. The molecule has 3 N–H and O–H groups in total. The maximum Gasteiger partial charge on any atom is 0.337 e. The largest absolute Gasteiger partial charge is 0.388 e. The fourth-order valence-corrected chi connectivity index (χ4v) is 4.85. The Hall–Kier alpha value is -1.71. The molecule has 210 valence electrons. The fraction of sp³-hybridized carbons (Fsp3) is 0.889. The molecule has 0 saturated heterocycles. The predicted octanol–water partition coefficient (Wildman–Crippen LogP) is 3.25. The molecule has 9 unspecified atom stereocenters. The van der Waals surface area contributed by atoms with Crippen molar-refractivity contribution in [2.24, 2.45) is 17.8 Å². The molecule has 0 aliphatic heterocycles. The van der Waals surface area contributed by atoms with Crippen molar-refractivity contribution < 1.29 is 15.3 Å². The minimum atomic E-state index is -1.44. The van der Waals surface area contributed by atoms with E-state index in [1.807, 2.05) is 41.5 Å². The van der Waals surface area contributed by atoms with Crippen molar-refractivity contribution >= 4 is 0 Å². The van der Waals surface area contributed by atoms with Crippen molar-refractivity contribution in [2.75, 3.05) is 0 Å². The Balaban J connectivity index is 4.22. The van der Waals surface area contributed by atoms with Gasteiger partial charge >= 0.3 is 17.1 Å². The zero-order valence-electron chi connectivity index (χ0n) is 24.5. The van der Waals surface area contributed by atoms with Crippen LogP contribution in [0.4, 0.5) is 0 Å². The maximum atomic E-state index is 13.9. The van der Waals surface area contributed by atoms with Crippen molar-refractivity contribution in [3.63, 3.8) is 0 Å². The summed E-state index contributed by atoms with van der Waals surface area (Å²) in [6, 6.07) is -2.94. The topological polar surface area (TPSA) is 127 Å². The molecule has 9 heteroatoms. The van der Waals surface area contributed by atoms with Crippen LogP contribution in [0.15, 0.2) is 14.4 Å². The quantitative estimate of drug-likeness (QED) is 0.394. The summed E-state index contributed by atoms with van der Waals surface area (Å²) >= 11 is 0. The lowest BCUT2D eigenvalue weighted by atomic mass is 9.82. The van der Waals surface area contributed by atoms with Crippen LogP contribution in [-0.4, -0.2) is 45.8 Å². The van der Waals surface area contributed by atoms with Gasteiger partial charge < -0.3 is 15.3 Å². The minimum Gasteiger partial charge on any atom is -0.388 e. The monoisotopic (exact) mass is 513 g/mol. The van der Waals surface area contributed by atoms with Gasteiger partial charge in [0.25, 0.3) is 0 Å². The van der Waals surface area contributed by atoms with E-state index in [1.165, 1.54) is 0 Å². The summed E-state index contributed by atoms with van der Waals surface area (Å²) in [7, 11) is 0. The fourth-order valence-electron chi connectivity index (χ4n) is 4.85. The van der Waals surface area contributed by atoms with Crippen LogP contribution in [0.25, 0.3) is 0 Å². The molecule has 0 amide bonds. The normalized spacial score (nSPS) is 22.4. The van der Waals surface area contributed by atoms with Gasteiger partial charge in [0.2, 0.25) is 0 Å². The van der Waals surface area contributed by atoms with Gasteiger partial charge in [-0.1, -0.05) is 60.8 Å². The molecule has 0 radical (unpaired) electrons. The molecule has 0 bridgehead atoms. The van der Waals surface area contributed by atoms with Crippen LogP contribution in [0, 0.1) is 17.8 Å². The predicted molar refractivity (Wildman–Crippen MR) is 144 cm³/mol. The van der Waals surface area contributed by atoms with Gasteiger partial charge in [0.05, 0.1) is 34.9 Å². The summed E-state index contributed by atoms with van der Waals surface area (Å²) in [6.07, 6.45) is 1.83. The van der Waals surface area contributed by atoms with E-state index in [-0.39, 0.29) is 17.8 Å². The first kappa shape index (κ1) is 32.3. The van der Waals surface area contributed by atoms with Gasteiger partial charge in [0, 0.05) is 0 Å². The maximum absolute atomic E-state index is 13.9. The lowest BCUT2D eigenvalue weighted by Gasteiger charge is -2.40. The number of hydrogen-bond acceptors (Lipinski definition) is 6. The highest BCUT2D eigenvalue weighted by atomic mass is 16.3. The van der Waals surface area contributed by atoms with Gasteiger partial charge in [0.1, 0.15) is 0 Å². The summed E-state index contributed by atoms with van der Waals surface area (Å²) in [4.78, 5) is 41.6. The van der Waals surface area contributed by atoms with E-state index < -0.39 is 52.0 Å². The number of nitrogens with zero attached hydrogens (tertiary/aromatic N) is 3. The molecule has 1 aromatic heterocycles. The van der Waals surface area contributed by atoms with Crippen molar-refractivity contribution in [3.8, 4) is 0 Å². The highest BCUT2D eigenvalue weighted by Crippen LogP contribution is 2.33. The third-order valence-electron chi connectivity index (χ3n) is 9.77. The molecule has 0 spiro atoms. The average Bonchev–Trinajstić information content (AvgIpc) is 2.81. The first-order chi connectivity index (χ1) is 16.3. The van der Waals surface area contributed by atoms with Crippen molar-refractivity contribution in [3.05, 3.63) is 31.5 Å². The van der Waals surface area contributed by atoms with E-state index in [0.717, 1.165) is 13.7 Å². The molecule has 1 aromatic rings. The number of rotatable bonds is 12. The Labute approximate surface area is 215 Å². The van der Waals surface area contributed by atoms with Gasteiger partial charge in [-0.2, -0.15) is 0 Å². The zero-order valence-corrected chi connectivity index (χ0v) is 24.5. The zero-order chi connectivity index (χ0) is 28.5. The molecule has 0 fully saturated rings. The van der Waals surface area contributed by atoms with Crippen LogP contribution in [-0.2, 0) is 0 Å². The lowest BCUT2D eigenvalue weighted by molar-refractivity contribution is -0.0566. The summed E-state index contributed by atoms with van der Waals surface area (Å²) < 4.78 is 2.75. The first-order valence-corrected chi connectivity index (χ1v) is 13.4. The van der Waals surface area contributed by atoms with Gasteiger partial charge in [-0.05, 0) is 59.3 Å². The lowest BCUT2D eigenvalue weighted by Crippen LogP contribution is -2.63. The molecule has 0 saturated carbocycles. The standard InChI is InChI=1S/C27H51N3O6/c1-13-16(4)25(10,34)19(7)28-22(31)29(20(8)26(11,35)17(5)14-2)24(33)30(23(28)32)21(9)27(12,36)18(6)15-3/h16-21,34-36H,13-15H2,1-12H3. The molecule has 36 heavy (non-hydrogen) atoms. The van der Waals surface area contributed by atoms with Crippen molar-refractivity contribution in [1.29, 1.82) is 0 Å². The Morgan fingerprint density at radius 2 is 0.694 bits per heavy atom. The second-order valence-corrected chi connectivity index (χ2v) is 11.6. The molecule has 0 aromatic carbocycles. The van der Waals surface area contributed by atoms with E-state index in [0.29, 0.717) is 19.3 Å². The minimum absolute atomic E-state index is 0.256. The van der Waals surface area contributed by atoms with Gasteiger partial charge in [0.15, 0.2) is 0 Å². The summed E-state index contributed by atoms with van der Waals surface area (Å²) in [6.45, 7) is 20.7. The Kier molecular flexibility index (Phi) is 10.2. The highest BCUT2D eigenvalue weighted by molar-refractivity contribution is 4.99. The summed E-state index contributed by atoms with van der Waals surface area (Å²) in [5.41, 5.74) is -6.98. The SMILES string of the molecule is CCC(C)C(C)(O)C(C)n1c(=O)n(C(C)C(C)(O)C(C)CC)c(=O)n(C(C)C(C)(O)C(C)CC)c1=O. The Bertz CT molecular complexity index is 901. The van der Waals surface area contributed by atoms with Crippen molar-refractivity contribution in [1.82, 2.24) is 13.7 Å². The van der Waals surface area contributed by atoms with E-state index in [4.69, 9.17) is 0 Å². The molecule has 1 rings (SSSR count). The van der Waals surface area contributed by atoms with Crippen LogP contribution in [0.2, 0.25) is 0 Å². The number of aromatic nitrogens is 3. The molecular formula is C27H51N3O6. The Morgan fingerprint density at radius 3 is 0.833 bits per heavy atom. The second-order valence-electron chi connectivity index (χ2n) is 11.6. The van der Waals surface area contributed by atoms with Gasteiger partial charge in [-0.3, -0.25) is 0 Å². The summed E-state index contributed by atoms with van der Waals surface area (Å²) in [5, 5.41) is 34.1. The van der Waals surface area contributed by atoms with Crippen LogP contribution in [0.5, 0.6) is 0 Å². The van der Waals surface area contributed by atoms with E-state index in [2.05, 4.69) is 0 Å². The first-order valence-electron chi connectivity index (χ1n) is 13.4. The number of aliphatic hydroxyl groups is 3. The van der Waals surface area contributed by atoms with Crippen molar-refractivity contribution in [2.45, 2.75) is 137 Å². The molecule has 9 atom stereocenters. The third kappa shape index (κ3) is 5.43. The molecule has 0 aliphatic carbocycles. The highest BCUT2D eigenvalue weighted by Gasteiger charge is 2.43. The second kappa shape index (κ2) is 11.4. The average molecular weight is 514 g/mol. The van der Waals surface area contributed by atoms with E-state index >= 15 is 0 Å². The van der Waals surface area contributed by atoms with Crippen LogP contribution in [0.3, 0.4) is 0 Å². The van der Waals surface area contributed by atoms with E-state index in [9.17, 15) is 29.7 Å². The van der Waals surface area contributed by atoms with Crippen LogP contribution >= 0.6 is 0 Å². The molecular weight excluding hydrogens is 462 g/mol. The molecule has 1 heterocycles. The van der Waals surface area contributed by atoms with Gasteiger partial charge in [-0.15, -0.1) is 0 Å². The van der Waals surface area contributed by atoms with E-state index in [1.54, 1.807) is 41.5 Å². The number of hydrogen-bond donors (Lipinski definition) is 3. The Morgan fingerprint density at radius 1 is 0.528 bits per heavy atom. The van der Waals surface area contributed by atoms with Crippen LogP contribution < -0.4 is 17.1 Å². The summed E-state index contributed by atoms with van der Waals surface area (Å²) in [5.74, 6) is -0.767. The molecule has 9 nitrogen and oxygen atoms in total. The third-order valence-corrected chi connectivity index (χ3v) is 9.77.